The first-order chi connectivity index (χ1) is 10.8. The zero-order chi connectivity index (χ0) is 17.4. The van der Waals surface area contributed by atoms with Gasteiger partial charge in [0.15, 0.2) is 0 Å². The number of aryl methyl sites for hydroxylation is 1. The van der Waals surface area contributed by atoms with Crippen molar-refractivity contribution in [2.45, 2.75) is 73.3 Å². The van der Waals surface area contributed by atoms with Crippen molar-refractivity contribution in [2.24, 2.45) is 11.8 Å². The Labute approximate surface area is 141 Å². The first-order valence-electron chi connectivity index (χ1n) is 8.91. The smallest absolute Gasteiger partial charge is 0.272 e. The lowest BCUT2D eigenvalue weighted by Crippen LogP contribution is -2.40. The summed E-state index contributed by atoms with van der Waals surface area (Å²) in [7, 11) is 0. The summed E-state index contributed by atoms with van der Waals surface area (Å²) < 4.78 is 0. The quantitative estimate of drug-likeness (QED) is 0.674. The van der Waals surface area contributed by atoms with Gasteiger partial charge in [0.2, 0.25) is 0 Å². The highest BCUT2D eigenvalue weighted by molar-refractivity contribution is 5.92. The molecule has 1 heterocycles. The van der Waals surface area contributed by atoms with Gasteiger partial charge in [-0.1, -0.05) is 40.5 Å². The molecule has 130 valence electrons. The predicted molar refractivity (Wildman–Crippen MR) is 95.4 cm³/mol. The zero-order valence-electron chi connectivity index (χ0n) is 15.7. The number of amides is 1. The van der Waals surface area contributed by atoms with Crippen LogP contribution in [-0.4, -0.2) is 33.4 Å². The molecule has 0 N–H and O–H groups in total. The summed E-state index contributed by atoms with van der Waals surface area (Å²) in [4.78, 5) is 23.3. The number of hydrogen-bond acceptors (Lipinski definition) is 3. The van der Waals surface area contributed by atoms with Crippen LogP contribution in [0.3, 0.4) is 0 Å². The van der Waals surface area contributed by atoms with E-state index < -0.39 is 0 Å². The Morgan fingerprint density at radius 2 is 1.74 bits per heavy atom. The molecule has 1 amide bonds. The van der Waals surface area contributed by atoms with E-state index >= 15 is 0 Å². The molecule has 1 aromatic rings. The lowest BCUT2D eigenvalue weighted by Gasteiger charge is -2.30. The second kappa shape index (κ2) is 9.64. The van der Waals surface area contributed by atoms with Gasteiger partial charge in [-0.05, 0) is 44.6 Å². The Morgan fingerprint density at radius 3 is 2.30 bits per heavy atom. The average Bonchev–Trinajstić information content (AvgIpc) is 2.46. The van der Waals surface area contributed by atoms with Crippen LogP contribution in [0.5, 0.6) is 0 Å². The van der Waals surface area contributed by atoms with Gasteiger partial charge in [-0.25, -0.2) is 9.97 Å². The molecule has 4 nitrogen and oxygen atoms in total. The SMILES string of the molecule is Cc1nccc(C(=O)N(CCC(C)C)C(C)CCCC(C)C)n1. The summed E-state index contributed by atoms with van der Waals surface area (Å²) in [5, 5.41) is 0. The standard InChI is InChI=1S/C19H33N3O/c1-14(2)8-7-9-16(5)22(13-11-15(3)4)19(23)18-10-12-20-17(6)21-18/h10,12,14-16H,7-9,11,13H2,1-6H3. The topological polar surface area (TPSA) is 46.1 Å². The van der Waals surface area contributed by atoms with E-state index in [1.54, 1.807) is 12.3 Å². The van der Waals surface area contributed by atoms with E-state index in [0.29, 0.717) is 23.4 Å². The summed E-state index contributed by atoms with van der Waals surface area (Å²) in [6.45, 7) is 13.7. The van der Waals surface area contributed by atoms with Crippen LogP contribution in [0.25, 0.3) is 0 Å². The van der Waals surface area contributed by atoms with Crippen molar-refractivity contribution >= 4 is 5.91 Å². The van der Waals surface area contributed by atoms with Crippen LogP contribution in [0.4, 0.5) is 0 Å². The monoisotopic (exact) mass is 319 g/mol. The maximum atomic E-state index is 12.9. The van der Waals surface area contributed by atoms with E-state index in [-0.39, 0.29) is 11.9 Å². The van der Waals surface area contributed by atoms with Crippen LogP contribution >= 0.6 is 0 Å². The van der Waals surface area contributed by atoms with Crippen molar-refractivity contribution in [3.05, 3.63) is 23.8 Å². The maximum absolute atomic E-state index is 12.9. The maximum Gasteiger partial charge on any atom is 0.272 e. The van der Waals surface area contributed by atoms with Gasteiger partial charge in [0.25, 0.3) is 5.91 Å². The second-order valence-corrected chi connectivity index (χ2v) is 7.34. The number of hydrogen-bond donors (Lipinski definition) is 0. The first kappa shape index (κ1) is 19.6. The van der Waals surface area contributed by atoms with Gasteiger partial charge in [0, 0.05) is 18.8 Å². The molecule has 0 spiro atoms. The molecule has 23 heavy (non-hydrogen) atoms. The number of rotatable bonds is 9. The van der Waals surface area contributed by atoms with Crippen LogP contribution in [0.2, 0.25) is 0 Å². The number of carbonyl (C=O) groups is 1. The predicted octanol–water partition coefficient (Wildman–Crippen LogP) is 4.49. The zero-order valence-corrected chi connectivity index (χ0v) is 15.7. The second-order valence-electron chi connectivity index (χ2n) is 7.34. The van der Waals surface area contributed by atoms with E-state index in [0.717, 1.165) is 25.8 Å². The van der Waals surface area contributed by atoms with Crippen LogP contribution < -0.4 is 0 Å². The molecule has 1 aromatic heterocycles. The highest BCUT2D eigenvalue weighted by Gasteiger charge is 2.22. The molecule has 0 bridgehead atoms. The third kappa shape index (κ3) is 7.10. The van der Waals surface area contributed by atoms with Crippen LogP contribution in [0.1, 0.15) is 76.6 Å². The van der Waals surface area contributed by atoms with Crippen molar-refractivity contribution in [3.63, 3.8) is 0 Å². The first-order valence-corrected chi connectivity index (χ1v) is 8.91. The average molecular weight is 319 g/mol. The van der Waals surface area contributed by atoms with E-state index in [4.69, 9.17) is 0 Å². The Kier molecular flexibility index (Phi) is 8.21. The van der Waals surface area contributed by atoms with Crippen molar-refractivity contribution in [2.75, 3.05) is 6.54 Å². The fraction of sp³-hybridized carbons (Fsp3) is 0.737. The van der Waals surface area contributed by atoms with E-state index in [9.17, 15) is 4.79 Å². The van der Waals surface area contributed by atoms with Crippen LogP contribution in [0, 0.1) is 18.8 Å². The number of carbonyl (C=O) groups excluding carboxylic acids is 1. The van der Waals surface area contributed by atoms with Gasteiger partial charge in [0.1, 0.15) is 11.5 Å². The Morgan fingerprint density at radius 1 is 1.09 bits per heavy atom. The molecule has 0 aliphatic rings. The van der Waals surface area contributed by atoms with Crippen molar-refractivity contribution in [1.82, 2.24) is 14.9 Å². The molecule has 1 rings (SSSR count). The molecule has 0 radical (unpaired) electrons. The van der Waals surface area contributed by atoms with Crippen molar-refractivity contribution in [3.8, 4) is 0 Å². The molecule has 0 fully saturated rings. The van der Waals surface area contributed by atoms with Gasteiger partial charge in [-0.2, -0.15) is 0 Å². The lowest BCUT2D eigenvalue weighted by molar-refractivity contribution is 0.0665. The summed E-state index contributed by atoms with van der Waals surface area (Å²) in [5.41, 5.74) is 0.511. The van der Waals surface area contributed by atoms with Crippen molar-refractivity contribution < 1.29 is 4.79 Å². The molecule has 4 heteroatoms. The summed E-state index contributed by atoms with van der Waals surface area (Å²) in [6, 6.07) is 1.97. The largest absolute Gasteiger partial charge is 0.335 e. The van der Waals surface area contributed by atoms with Crippen LogP contribution in [0.15, 0.2) is 12.3 Å². The minimum atomic E-state index is 0.0354. The molecule has 0 saturated carbocycles. The highest BCUT2D eigenvalue weighted by Crippen LogP contribution is 2.16. The van der Waals surface area contributed by atoms with Gasteiger partial charge >= 0.3 is 0 Å². The summed E-state index contributed by atoms with van der Waals surface area (Å²) >= 11 is 0. The van der Waals surface area contributed by atoms with Crippen molar-refractivity contribution in [1.29, 1.82) is 0 Å². The minimum Gasteiger partial charge on any atom is -0.335 e. The molecule has 0 saturated heterocycles. The Hall–Kier alpha value is -1.45. The van der Waals surface area contributed by atoms with E-state index in [1.165, 1.54) is 6.42 Å². The highest BCUT2D eigenvalue weighted by atomic mass is 16.2. The third-order valence-corrected chi connectivity index (χ3v) is 4.14. The minimum absolute atomic E-state index is 0.0354. The fourth-order valence-corrected chi connectivity index (χ4v) is 2.62. The molecule has 0 aromatic carbocycles. The molecule has 1 atom stereocenters. The molecule has 0 aliphatic carbocycles. The molecule has 0 aliphatic heterocycles. The molecule has 1 unspecified atom stereocenters. The normalized spacial score (nSPS) is 12.7. The van der Waals surface area contributed by atoms with Gasteiger partial charge in [0.05, 0.1) is 0 Å². The molecular formula is C19H33N3O. The molecular weight excluding hydrogens is 286 g/mol. The Balaban J connectivity index is 2.79. The third-order valence-electron chi connectivity index (χ3n) is 4.14. The number of aromatic nitrogens is 2. The van der Waals surface area contributed by atoms with Gasteiger partial charge in [-0.3, -0.25) is 4.79 Å². The summed E-state index contributed by atoms with van der Waals surface area (Å²) in [5.74, 6) is 1.98. The van der Waals surface area contributed by atoms with Gasteiger partial charge < -0.3 is 4.90 Å². The Bertz CT molecular complexity index is 485. The van der Waals surface area contributed by atoms with Crippen LogP contribution in [-0.2, 0) is 0 Å². The van der Waals surface area contributed by atoms with Gasteiger partial charge in [-0.15, -0.1) is 0 Å². The summed E-state index contributed by atoms with van der Waals surface area (Å²) in [6.07, 6.45) is 6.10. The van der Waals surface area contributed by atoms with E-state index in [2.05, 4.69) is 44.6 Å². The lowest BCUT2D eigenvalue weighted by atomic mass is 10.0. The van der Waals surface area contributed by atoms with E-state index in [1.807, 2.05) is 11.8 Å². The number of nitrogens with zero attached hydrogens (tertiary/aromatic N) is 3. The fourth-order valence-electron chi connectivity index (χ4n) is 2.62.